The molecule has 124 valence electrons. The maximum atomic E-state index is 5.40. The van der Waals surface area contributed by atoms with E-state index in [0.29, 0.717) is 17.3 Å². The van der Waals surface area contributed by atoms with E-state index < -0.39 is 0 Å². The summed E-state index contributed by atoms with van der Waals surface area (Å²) in [7, 11) is 3.24. The number of rotatable bonds is 4. The van der Waals surface area contributed by atoms with Gasteiger partial charge in [-0.2, -0.15) is 5.10 Å². The number of nitrogens with zero attached hydrogens (tertiary/aromatic N) is 5. The Kier molecular flexibility index (Phi) is 3.74. The highest BCUT2D eigenvalue weighted by Crippen LogP contribution is 2.33. The molecule has 7 heteroatoms. The van der Waals surface area contributed by atoms with Crippen LogP contribution in [-0.4, -0.2) is 39.0 Å². The molecule has 0 bridgehead atoms. The van der Waals surface area contributed by atoms with Gasteiger partial charge in [0.05, 0.1) is 19.7 Å². The quantitative estimate of drug-likeness (QED) is 0.572. The van der Waals surface area contributed by atoms with Gasteiger partial charge in [-0.05, 0) is 35.4 Å². The van der Waals surface area contributed by atoms with E-state index in [2.05, 4.69) is 20.1 Å². The maximum Gasteiger partial charge on any atom is 0.166 e. The average molecular weight is 333 g/mol. The van der Waals surface area contributed by atoms with E-state index in [4.69, 9.17) is 9.47 Å². The van der Waals surface area contributed by atoms with Gasteiger partial charge in [-0.1, -0.05) is 12.1 Å². The summed E-state index contributed by atoms with van der Waals surface area (Å²) in [5, 5.41) is 5.06. The van der Waals surface area contributed by atoms with Crippen LogP contribution in [0.2, 0.25) is 0 Å². The lowest BCUT2D eigenvalue weighted by Crippen LogP contribution is -2.00. The normalized spacial score (nSPS) is 10.8. The summed E-state index contributed by atoms with van der Waals surface area (Å²) in [5.41, 5.74) is 2.86. The molecule has 25 heavy (non-hydrogen) atoms. The predicted octanol–water partition coefficient (Wildman–Crippen LogP) is 2.89. The van der Waals surface area contributed by atoms with Gasteiger partial charge in [0.25, 0.3) is 0 Å². The first-order valence-electron chi connectivity index (χ1n) is 7.62. The highest BCUT2D eigenvalue weighted by molar-refractivity contribution is 5.89. The van der Waals surface area contributed by atoms with Crippen LogP contribution >= 0.6 is 0 Å². The SMILES string of the molecule is COc1ccc(-c2ccc3ncnc(-n4cncn4)c3c2)cc1OC. The minimum Gasteiger partial charge on any atom is -0.493 e. The lowest BCUT2D eigenvalue weighted by Gasteiger charge is -2.11. The number of benzene rings is 2. The molecule has 0 amide bonds. The Labute approximate surface area is 143 Å². The molecule has 4 rings (SSSR count). The predicted molar refractivity (Wildman–Crippen MR) is 93.0 cm³/mol. The first-order valence-corrected chi connectivity index (χ1v) is 7.62. The van der Waals surface area contributed by atoms with E-state index in [1.165, 1.54) is 12.7 Å². The van der Waals surface area contributed by atoms with Gasteiger partial charge in [-0.25, -0.2) is 19.6 Å². The van der Waals surface area contributed by atoms with E-state index >= 15 is 0 Å². The monoisotopic (exact) mass is 333 g/mol. The van der Waals surface area contributed by atoms with Crippen molar-refractivity contribution < 1.29 is 9.47 Å². The third kappa shape index (κ3) is 2.65. The summed E-state index contributed by atoms with van der Waals surface area (Å²) in [6.45, 7) is 0. The zero-order valence-corrected chi connectivity index (χ0v) is 13.7. The molecule has 7 nitrogen and oxygen atoms in total. The number of hydrogen-bond donors (Lipinski definition) is 0. The van der Waals surface area contributed by atoms with Crippen molar-refractivity contribution >= 4 is 10.9 Å². The number of methoxy groups -OCH3 is 2. The third-order valence-electron chi connectivity index (χ3n) is 3.97. The Balaban J connectivity index is 1.88. The van der Waals surface area contributed by atoms with Crippen molar-refractivity contribution in [3.63, 3.8) is 0 Å². The van der Waals surface area contributed by atoms with E-state index in [-0.39, 0.29) is 0 Å². The van der Waals surface area contributed by atoms with Crippen LogP contribution in [0.3, 0.4) is 0 Å². The Morgan fingerprint density at radius 2 is 1.64 bits per heavy atom. The van der Waals surface area contributed by atoms with E-state index in [1.54, 1.807) is 25.2 Å². The standard InChI is InChI=1S/C18H15N5O2/c1-24-16-6-4-13(8-17(16)25-2)12-3-5-15-14(7-12)18(21-10-20-15)23-11-19-9-22-23/h3-11H,1-2H3. The summed E-state index contributed by atoms with van der Waals surface area (Å²) >= 11 is 0. The fourth-order valence-corrected chi connectivity index (χ4v) is 2.74. The van der Waals surface area contributed by atoms with Crippen molar-refractivity contribution in [1.29, 1.82) is 0 Å². The summed E-state index contributed by atoms with van der Waals surface area (Å²) in [6, 6.07) is 11.8. The largest absolute Gasteiger partial charge is 0.493 e. The van der Waals surface area contributed by atoms with Crippen molar-refractivity contribution in [2.24, 2.45) is 0 Å². The van der Waals surface area contributed by atoms with Crippen molar-refractivity contribution in [2.45, 2.75) is 0 Å². The lowest BCUT2D eigenvalue weighted by atomic mass is 10.0. The second kappa shape index (κ2) is 6.20. The molecular weight excluding hydrogens is 318 g/mol. The van der Waals surface area contributed by atoms with Gasteiger partial charge in [0, 0.05) is 5.39 Å². The van der Waals surface area contributed by atoms with E-state index in [0.717, 1.165) is 22.0 Å². The number of aromatic nitrogens is 5. The van der Waals surface area contributed by atoms with Crippen LogP contribution in [0, 0.1) is 0 Å². The summed E-state index contributed by atoms with van der Waals surface area (Å²) in [4.78, 5) is 12.7. The molecule has 0 N–H and O–H groups in total. The molecule has 0 fully saturated rings. The summed E-state index contributed by atoms with van der Waals surface area (Å²) in [5.74, 6) is 2.06. The summed E-state index contributed by atoms with van der Waals surface area (Å²) < 4.78 is 12.3. The minimum atomic E-state index is 0.681. The van der Waals surface area contributed by atoms with Gasteiger partial charge in [0.1, 0.15) is 19.0 Å². The van der Waals surface area contributed by atoms with Crippen molar-refractivity contribution in [3.05, 3.63) is 55.4 Å². The molecule has 0 unspecified atom stereocenters. The fraction of sp³-hybridized carbons (Fsp3) is 0.111. The van der Waals surface area contributed by atoms with Gasteiger partial charge in [0.15, 0.2) is 17.3 Å². The van der Waals surface area contributed by atoms with E-state index in [9.17, 15) is 0 Å². The molecule has 0 radical (unpaired) electrons. The van der Waals surface area contributed by atoms with Crippen molar-refractivity contribution in [1.82, 2.24) is 24.7 Å². The van der Waals surface area contributed by atoms with Gasteiger partial charge in [-0.15, -0.1) is 0 Å². The van der Waals surface area contributed by atoms with Gasteiger partial charge < -0.3 is 9.47 Å². The Morgan fingerprint density at radius 3 is 2.40 bits per heavy atom. The molecule has 0 aliphatic carbocycles. The smallest absolute Gasteiger partial charge is 0.166 e. The van der Waals surface area contributed by atoms with Crippen LogP contribution in [0.25, 0.3) is 27.8 Å². The Bertz CT molecular complexity index is 1030. The molecule has 0 atom stereocenters. The number of fused-ring (bicyclic) bond motifs is 1. The average Bonchev–Trinajstić information content (AvgIpc) is 3.21. The lowest BCUT2D eigenvalue weighted by molar-refractivity contribution is 0.355. The first kappa shape index (κ1) is 15.1. The van der Waals surface area contributed by atoms with E-state index in [1.807, 2.05) is 36.4 Å². The minimum absolute atomic E-state index is 0.681. The van der Waals surface area contributed by atoms with Crippen LogP contribution in [0.15, 0.2) is 55.4 Å². The molecule has 2 heterocycles. The number of ether oxygens (including phenoxy) is 2. The molecule has 2 aromatic heterocycles. The van der Waals surface area contributed by atoms with Crippen molar-refractivity contribution in [3.8, 4) is 28.4 Å². The number of hydrogen-bond acceptors (Lipinski definition) is 6. The van der Waals surface area contributed by atoms with Gasteiger partial charge in [0.2, 0.25) is 0 Å². The second-order valence-electron chi connectivity index (χ2n) is 5.34. The molecule has 0 aliphatic heterocycles. The topological polar surface area (TPSA) is 75.0 Å². The van der Waals surface area contributed by atoms with Crippen LogP contribution in [0.4, 0.5) is 0 Å². The highest BCUT2D eigenvalue weighted by atomic mass is 16.5. The molecule has 2 aromatic carbocycles. The van der Waals surface area contributed by atoms with Crippen LogP contribution < -0.4 is 9.47 Å². The Morgan fingerprint density at radius 1 is 0.840 bits per heavy atom. The Hall–Kier alpha value is -3.48. The first-order chi connectivity index (χ1) is 12.3. The maximum absolute atomic E-state index is 5.40. The van der Waals surface area contributed by atoms with Gasteiger partial charge in [-0.3, -0.25) is 0 Å². The second-order valence-corrected chi connectivity index (χ2v) is 5.34. The molecular formula is C18H15N5O2. The zero-order chi connectivity index (χ0) is 17.2. The molecule has 0 spiro atoms. The van der Waals surface area contributed by atoms with Crippen LogP contribution in [0.1, 0.15) is 0 Å². The molecule has 0 saturated carbocycles. The zero-order valence-electron chi connectivity index (χ0n) is 13.7. The molecule has 4 aromatic rings. The molecule has 0 aliphatic rings. The van der Waals surface area contributed by atoms with Crippen LogP contribution in [-0.2, 0) is 0 Å². The fourth-order valence-electron chi connectivity index (χ4n) is 2.74. The van der Waals surface area contributed by atoms with Gasteiger partial charge >= 0.3 is 0 Å². The third-order valence-corrected chi connectivity index (χ3v) is 3.97. The van der Waals surface area contributed by atoms with Crippen LogP contribution in [0.5, 0.6) is 11.5 Å². The van der Waals surface area contributed by atoms with Crippen molar-refractivity contribution in [2.75, 3.05) is 14.2 Å². The summed E-state index contributed by atoms with van der Waals surface area (Å²) in [6.07, 6.45) is 4.62. The molecule has 0 saturated heterocycles. The highest BCUT2D eigenvalue weighted by Gasteiger charge is 2.10.